The van der Waals surface area contributed by atoms with E-state index in [4.69, 9.17) is 11.6 Å². The van der Waals surface area contributed by atoms with Crippen molar-refractivity contribution in [3.8, 4) is 6.07 Å². The fourth-order valence-corrected chi connectivity index (χ4v) is 3.80. The van der Waals surface area contributed by atoms with E-state index in [2.05, 4.69) is 10.1 Å². The standard InChI is InChI=1S/C21H15ClN6O3/c1-26-21(29)18(22)17(20(25-26)28(30)31)14(11-23)19-24-15-9-5-6-10-16(15)27(19)12-13-7-3-2-4-8-13/h2-10,14H,12H2,1H3/t14-/m1/s1. The molecule has 0 aliphatic rings. The minimum atomic E-state index is -1.27. The third kappa shape index (κ3) is 3.53. The highest BCUT2D eigenvalue weighted by Gasteiger charge is 2.34. The monoisotopic (exact) mass is 434 g/mol. The molecule has 31 heavy (non-hydrogen) atoms. The number of aromatic nitrogens is 4. The highest BCUT2D eigenvalue weighted by molar-refractivity contribution is 6.31. The Kier molecular flexibility index (Phi) is 5.23. The van der Waals surface area contributed by atoms with Gasteiger partial charge < -0.3 is 14.7 Å². The maximum absolute atomic E-state index is 12.4. The third-order valence-corrected chi connectivity index (χ3v) is 5.29. The molecule has 0 bridgehead atoms. The Bertz CT molecular complexity index is 1400. The van der Waals surface area contributed by atoms with Gasteiger partial charge in [0.25, 0.3) is 0 Å². The van der Waals surface area contributed by atoms with E-state index in [-0.39, 0.29) is 11.4 Å². The lowest BCUT2D eigenvalue weighted by Gasteiger charge is -2.14. The first-order valence-electron chi connectivity index (χ1n) is 9.22. The van der Waals surface area contributed by atoms with Gasteiger partial charge in [-0.15, -0.1) is 4.68 Å². The number of hydrogen-bond acceptors (Lipinski definition) is 6. The van der Waals surface area contributed by atoms with Crippen LogP contribution in [0.5, 0.6) is 0 Å². The van der Waals surface area contributed by atoms with Gasteiger partial charge in [-0.1, -0.05) is 54.1 Å². The molecule has 0 spiro atoms. The Balaban J connectivity index is 2.00. The first kappa shape index (κ1) is 20.3. The van der Waals surface area contributed by atoms with Crippen LogP contribution >= 0.6 is 11.6 Å². The molecule has 0 fully saturated rings. The molecule has 2 heterocycles. The molecule has 0 saturated carbocycles. The van der Waals surface area contributed by atoms with Gasteiger partial charge >= 0.3 is 11.4 Å². The van der Waals surface area contributed by atoms with E-state index < -0.39 is 27.2 Å². The maximum atomic E-state index is 12.4. The predicted molar refractivity (Wildman–Crippen MR) is 114 cm³/mol. The zero-order valence-electron chi connectivity index (χ0n) is 16.3. The molecular weight excluding hydrogens is 420 g/mol. The predicted octanol–water partition coefficient (Wildman–Crippen LogP) is 3.40. The zero-order chi connectivity index (χ0) is 22.1. The van der Waals surface area contributed by atoms with E-state index in [9.17, 15) is 20.2 Å². The lowest BCUT2D eigenvalue weighted by Crippen LogP contribution is -2.25. The van der Waals surface area contributed by atoms with Crippen LogP contribution in [0.15, 0.2) is 59.4 Å². The van der Waals surface area contributed by atoms with Crippen LogP contribution in [-0.2, 0) is 13.6 Å². The molecule has 2 aromatic carbocycles. The summed E-state index contributed by atoms with van der Waals surface area (Å²) < 4.78 is 2.58. The summed E-state index contributed by atoms with van der Waals surface area (Å²) in [5, 5.41) is 25.0. The smallest absolute Gasteiger partial charge is 0.358 e. The first-order chi connectivity index (χ1) is 14.9. The van der Waals surface area contributed by atoms with Gasteiger partial charge in [0.2, 0.25) is 0 Å². The summed E-state index contributed by atoms with van der Waals surface area (Å²) >= 11 is 6.22. The van der Waals surface area contributed by atoms with Crippen molar-refractivity contribution in [2.75, 3.05) is 0 Å². The summed E-state index contributed by atoms with van der Waals surface area (Å²) in [7, 11) is 1.26. The number of aryl methyl sites for hydroxylation is 1. The summed E-state index contributed by atoms with van der Waals surface area (Å²) in [6, 6.07) is 18.9. The van der Waals surface area contributed by atoms with Crippen molar-refractivity contribution in [3.05, 3.63) is 97.0 Å². The van der Waals surface area contributed by atoms with Gasteiger partial charge in [-0.25, -0.2) is 4.98 Å². The van der Waals surface area contributed by atoms with E-state index in [1.54, 1.807) is 10.6 Å². The molecule has 9 nitrogen and oxygen atoms in total. The molecule has 0 saturated heterocycles. The van der Waals surface area contributed by atoms with Gasteiger partial charge in [-0.05, 0) is 22.6 Å². The van der Waals surface area contributed by atoms with Crippen LogP contribution in [-0.4, -0.2) is 24.3 Å². The van der Waals surface area contributed by atoms with Crippen molar-refractivity contribution in [2.24, 2.45) is 7.05 Å². The van der Waals surface area contributed by atoms with Crippen LogP contribution in [0.2, 0.25) is 5.02 Å². The van der Waals surface area contributed by atoms with Gasteiger partial charge in [0, 0.05) is 6.54 Å². The molecular formula is C21H15ClN6O3. The molecule has 2 aromatic heterocycles. The number of nitrogens with zero attached hydrogens (tertiary/aromatic N) is 6. The number of benzene rings is 2. The van der Waals surface area contributed by atoms with E-state index in [1.807, 2.05) is 54.6 Å². The minimum absolute atomic E-state index is 0.243. The normalized spacial score (nSPS) is 11.9. The number of rotatable bonds is 5. The summed E-state index contributed by atoms with van der Waals surface area (Å²) in [4.78, 5) is 27.9. The van der Waals surface area contributed by atoms with E-state index >= 15 is 0 Å². The number of fused-ring (bicyclic) bond motifs is 1. The number of nitro groups is 1. The molecule has 1 atom stereocenters. The number of para-hydroxylation sites is 2. The molecule has 154 valence electrons. The Morgan fingerprint density at radius 3 is 2.55 bits per heavy atom. The van der Waals surface area contributed by atoms with Crippen LogP contribution in [0.1, 0.15) is 22.9 Å². The van der Waals surface area contributed by atoms with Crippen molar-refractivity contribution in [3.63, 3.8) is 0 Å². The highest BCUT2D eigenvalue weighted by Crippen LogP contribution is 2.35. The van der Waals surface area contributed by atoms with Gasteiger partial charge in [0.15, 0.2) is 0 Å². The van der Waals surface area contributed by atoms with Crippen LogP contribution in [0.4, 0.5) is 5.82 Å². The molecule has 0 N–H and O–H groups in total. The summed E-state index contributed by atoms with van der Waals surface area (Å²) in [6.07, 6.45) is 0. The molecule has 0 unspecified atom stereocenters. The summed E-state index contributed by atoms with van der Waals surface area (Å²) in [5.74, 6) is -1.69. The SMILES string of the molecule is Cn1nc([N+](=O)[O-])c([C@@H](C#N)c2nc3ccccc3n2Cc2ccccc2)c(Cl)c1=O. The summed E-state index contributed by atoms with van der Waals surface area (Å²) in [5.41, 5.74) is 1.32. The van der Waals surface area contributed by atoms with E-state index in [0.717, 1.165) is 15.8 Å². The van der Waals surface area contributed by atoms with Gasteiger partial charge in [0.05, 0.1) is 29.2 Å². The van der Waals surface area contributed by atoms with Gasteiger partial charge in [0.1, 0.15) is 22.3 Å². The number of halogens is 1. The fraction of sp³-hybridized carbons (Fsp3) is 0.143. The fourth-order valence-electron chi connectivity index (χ4n) is 3.49. The summed E-state index contributed by atoms with van der Waals surface area (Å²) in [6.45, 7) is 0.374. The van der Waals surface area contributed by atoms with Crippen molar-refractivity contribution >= 4 is 28.5 Å². The van der Waals surface area contributed by atoms with Crippen LogP contribution in [0.25, 0.3) is 11.0 Å². The molecule has 0 aliphatic heterocycles. The first-order valence-corrected chi connectivity index (χ1v) is 9.60. The molecule has 0 aliphatic carbocycles. The number of imidazole rings is 1. The van der Waals surface area contributed by atoms with Crippen LogP contribution < -0.4 is 5.56 Å². The Labute approximate surface area is 180 Å². The molecule has 4 aromatic rings. The van der Waals surface area contributed by atoms with Gasteiger partial charge in [-0.2, -0.15) is 5.26 Å². The molecule has 10 heteroatoms. The Morgan fingerprint density at radius 2 is 1.87 bits per heavy atom. The second kappa shape index (κ2) is 8.01. The highest BCUT2D eigenvalue weighted by atomic mass is 35.5. The quantitative estimate of drug-likeness (QED) is 0.350. The zero-order valence-corrected chi connectivity index (χ0v) is 17.0. The Hall–Kier alpha value is -4.03. The largest absolute Gasteiger partial charge is 0.395 e. The van der Waals surface area contributed by atoms with Crippen molar-refractivity contribution in [2.45, 2.75) is 12.5 Å². The van der Waals surface area contributed by atoms with Crippen LogP contribution in [0, 0.1) is 21.4 Å². The Morgan fingerprint density at radius 1 is 1.19 bits per heavy atom. The average Bonchev–Trinajstić information content (AvgIpc) is 3.12. The van der Waals surface area contributed by atoms with Crippen LogP contribution in [0.3, 0.4) is 0 Å². The molecule has 0 radical (unpaired) electrons. The number of nitriles is 1. The van der Waals surface area contributed by atoms with E-state index in [0.29, 0.717) is 12.1 Å². The lowest BCUT2D eigenvalue weighted by atomic mass is 10.0. The van der Waals surface area contributed by atoms with Crippen molar-refractivity contribution < 1.29 is 4.92 Å². The van der Waals surface area contributed by atoms with Crippen molar-refractivity contribution in [1.29, 1.82) is 5.26 Å². The molecule has 0 amide bonds. The molecule has 4 rings (SSSR count). The minimum Gasteiger partial charge on any atom is -0.358 e. The average molecular weight is 435 g/mol. The second-order valence-corrected chi connectivity index (χ2v) is 7.21. The van der Waals surface area contributed by atoms with E-state index in [1.165, 1.54) is 7.05 Å². The van der Waals surface area contributed by atoms with Crippen molar-refractivity contribution in [1.82, 2.24) is 19.3 Å². The second-order valence-electron chi connectivity index (χ2n) is 6.83. The third-order valence-electron chi connectivity index (χ3n) is 4.92. The topological polar surface area (TPSA) is 120 Å². The lowest BCUT2D eigenvalue weighted by molar-refractivity contribution is -0.391. The number of hydrogen-bond donors (Lipinski definition) is 0. The van der Waals surface area contributed by atoms with Gasteiger partial charge in [-0.3, -0.25) is 4.79 Å². The maximum Gasteiger partial charge on any atom is 0.395 e.